The lowest BCUT2D eigenvalue weighted by Crippen LogP contribution is -2.45. The van der Waals surface area contributed by atoms with Gasteiger partial charge in [-0.1, -0.05) is 238 Å². The molecule has 0 aliphatic rings. The summed E-state index contributed by atoms with van der Waals surface area (Å²) >= 11 is 0. The van der Waals surface area contributed by atoms with Gasteiger partial charge in [0.2, 0.25) is 5.91 Å². The number of aliphatic hydroxyl groups is 2. The van der Waals surface area contributed by atoms with Crippen molar-refractivity contribution in [3.05, 3.63) is 12.2 Å². The first-order valence-electron chi connectivity index (χ1n) is 22.4. The fraction of sp³-hybridized carbons (Fsp3) is 0.933. The molecule has 0 spiro atoms. The van der Waals surface area contributed by atoms with Gasteiger partial charge < -0.3 is 15.5 Å². The number of carbonyl (C=O) groups is 1. The van der Waals surface area contributed by atoms with E-state index in [9.17, 15) is 15.0 Å². The lowest BCUT2D eigenvalue weighted by atomic mass is 10.0. The molecular weight excluding hydrogens is 602 g/mol. The zero-order chi connectivity index (χ0) is 35.7. The Labute approximate surface area is 307 Å². The van der Waals surface area contributed by atoms with Crippen LogP contribution in [0.15, 0.2) is 12.2 Å². The highest BCUT2D eigenvalue weighted by atomic mass is 16.3. The second-order valence-electron chi connectivity index (χ2n) is 15.5. The number of rotatable bonds is 41. The molecule has 2 unspecified atom stereocenters. The SMILES string of the molecule is CCCCCCCCCCCCCCCCCCCCCCCCCCCCC/C=C/C(O)C(CO)NC(=O)CCCCCCCCCC. The number of hydrogen-bond donors (Lipinski definition) is 3. The Kier molecular flexibility index (Phi) is 40.8. The van der Waals surface area contributed by atoms with Gasteiger partial charge >= 0.3 is 0 Å². The highest BCUT2D eigenvalue weighted by Gasteiger charge is 2.17. The summed E-state index contributed by atoms with van der Waals surface area (Å²) in [6.07, 6.45) is 52.1. The Morgan fingerprint density at radius 2 is 0.755 bits per heavy atom. The Morgan fingerprint density at radius 3 is 1.06 bits per heavy atom. The summed E-state index contributed by atoms with van der Waals surface area (Å²) in [6, 6.07) is -0.614. The number of unbranched alkanes of at least 4 members (excludes halogenated alkanes) is 34. The number of carbonyl (C=O) groups excluding carboxylic acids is 1. The van der Waals surface area contributed by atoms with Crippen LogP contribution in [0.2, 0.25) is 0 Å². The molecule has 0 saturated carbocycles. The van der Waals surface area contributed by atoms with Crippen LogP contribution in [-0.4, -0.2) is 34.9 Å². The van der Waals surface area contributed by atoms with Crippen LogP contribution < -0.4 is 5.32 Å². The molecule has 3 N–H and O–H groups in total. The third-order valence-corrected chi connectivity index (χ3v) is 10.5. The minimum atomic E-state index is -0.832. The summed E-state index contributed by atoms with van der Waals surface area (Å²) < 4.78 is 0. The zero-order valence-corrected chi connectivity index (χ0v) is 33.5. The van der Waals surface area contributed by atoms with Crippen molar-refractivity contribution in [3.8, 4) is 0 Å². The third kappa shape index (κ3) is 38.2. The summed E-state index contributed by atoms with van der Waals surface area (Å²) in [6.45, 7) is 4.29. The van der Waals surface area contributed by atoms with Crippen LogP contribution in [0.4, 0.5) is 0 Å². The van der Waals surface area contributed by atoms with Crippen molar-refractivity contribution < 1.29 is 15.0 Å². The van der Waals surface area contributed by atoms with Crippen LogP contribution in [-0.2, 0) is 4.79 Å². The number of amides is 1. The third-order valence-electron chi connectivity index (χ3n) is 10.5. The van der Waals surface area contributed by atoms with Crippen molar-refractivity contribution in [2.75, 3.05) is 6.61 Å². The zero-order valence-electron chi connectivity index (χ0n) is 33.5. The second-order valence-corrected chi connectivity index (χ2v) is 15.5. The van der Waals surface area contributed by atoms with Crippen molar-refractivity contribution in [2.24, 2.45) is 0 Å². The fourth-order valence-electron chi connectivity index (χ4n) is 7.06. The monoisotopic (exact) mass is 692 g/mol. The topological polar surface area (TPSA) is 69.6 Å². The molecule has 4 heteroatoms. The van der Waals surface area contributed by atoms with Crippen molar-refractivity contribution in [1.29, 1.82) is 0 Å². The van der Waals surface area contributed by atoms with Gasteiger partial charge in [0.15, 0.2) is 0 Å². The maximum atomic E-state index is 12.2. The van der Waals surface area contributed by atoms with Crippen molar-refractivity contribution >= 4 is 5.91 Å². The Morgan fingerprint density at radius 1 is 0.469 bits per heavy atom. The first-order chi connectivity index (χ1) is 24.2. The van der Waals surface area contributed by atoms with Crippen LogP contribution in [0, 0.1) is 0 Å². The smallest absolute Gasteiger partial charge is 0.220 e. The standard InChI is InChI=1S/C45H89NO3/c1-3-5-7-9-11-13-14-15-16-17-18-19-20-21-22-23-24-25-26-27-28-29-30-31-32-33-34-36-38-40-44(48)43(42-47)46-45(49)41-39-37-35-12-10-8-6-4-2/h38,40,43-44,47-48H,3-37,39,41-42H2,1-2H3,(H,46,49)/b40-38+. The molecule has 0 radical (unpaired) electrons. The second kappa shape index (κ2) is 41.5. The first kappa shape index (κ1) is 48.1. The van der Waals surface area contributed by atoms with Gasteiger partial charge in [-0.15, -0.1) is 0 Å². The van der Waals surface area contributed by atoms with Crippen LogP contribution >= 0.6 is 0 Å². The van der Waals surface area contributed by atoms with E-state index in [1.807, 2.05) is 6.08 Å². The van der Waals surface area contributed by atoms with Gasteiger partial charge in [0.25, 0.3) is 0 Å². The largest absolute Gasteiger partial charge is 0.394 e. The van der Waals surface area contributed by atoms with Gasteiger partial charge in [0.05, 0.1) is 18.8 Å². The molecule has 0 saturated heterocycles. The van der Waals surface area contributed by atoms with Crippen LogP contribution in [0.3, 0.4) is 0 Å². The summed E-state index contributed by atoms with van der Waals surface area (Å²) in [5, 5.41) is 22.9. The van der Waals surface area contributed by atoms with Crippen molar-refractivity contribution in [1.82, 2.24) is 5.32 Å². The number of hydrogen-bond acceptors (Lipinski definition) is 3. The van der Waals surface area contributed by atoms with Crippen LogP contribution in [0.25, 0.3) is 0 Å². The Balaban J connectivity index is 3.40. The molecule has 0 aromatic heterocycles. The van der Waals surface area contributed by atoms with E-state index in [1.165, 1.54) is 205 Å². The van der Waals surface area contributed by atoms with Gasteiger partial charge in [-0.25, -0.2) is 0 Å². The molecule has 0 aromatic carbocycles. The van der Waals surface area contributed by atoms with Gasteiger partial charge in [-0.2, -0.15) is 0 Å². The van der Waals surface area contributed by atoms with E-state index < -0.39 is 12.1 Å². The molecule has 4 nitrogen and oxygen atoms in total. The molecule has 0 bridgehead atoms. The normalized spacial score (nSPS) is 13.0. The van der Waals surface area contributed by atoms with E-state index in [2.05, 4.69) is 19.2 Å². The Hall–Kier alpha value is -0.870. The fourth-order valence-corrected chi connectivity index (χ4v) is 7.06. The van der Waals surface area contributed by atoms with Crippen LogP contribution in [0.5, 0.6) is 0 Å². The van der Waals surface area contributed by atoms with E-state index in [-0.39, 0.29) is 12.5 Å². The molecular formula is C45H89NO3. The molecule has 49 heavy (non-hydrogen) atoms. The lowest BCUT2D eigenvalue weighted by Gasteiger charge is -2.20. The highest BCUT2D eigenvalue weighted by molar-refractivity contribution is 5.76. The quantitative estimate of drug-likeness (QED) is 0.0441. The van der Waals surface area contributed by atoms with Gasteiger partial charge in [0, 0.05) is 6.42 Å². The highest BCUT2D eigenvalue weighted by Crippen LogP contribution is 2.17. The minimum absolute atomic E-state index is 0.0666. The average molecular weight is 692 g/mol. The summed E-state index contributed by atoms with van der Waals surface area (Å²) in [5.41, 5.74) is 0. The van der Waals surface area contributed by atoms with Crippen molar-refractivity contribution in [2.45, 2.75) is 264 Å². The number of aliphatic hydroxyl groups excluding tert-OH is 2. The van der Waals surface area contributed by atoms with Crippen molar-refractivity contribution in [3.63, 3.8) is 0 Å². The Bertz CT molecular complexity index is 666. The van der Waals surface area contributed by atoms with E-state index >= 15 is 0 Å². The number of allylic oxidation sites excluding steroid dienone is 1. The molecule has 0 aliphatic carbocycles. The molecule has 0 heterocycles. The van der Waals surface area contributed by atoms with E-state index in [0.717, 1.165) is 25.7 Å². The average Bonchev–Trinajstić information content (AvgIpc) is 3.10. The molecule has 2 atom stereocenters. The predicted molar refractivity (Wildman–Crippen MR) is 216 cm³/mol. The summed E-state index contributed by atoms with van der Waals surface area (Å²) in [5.74, 6) is -0.0666. The summed E-state index contributed by atoms with van der Waals surface area (Å²) in [4.78, 5) is 12.2. The first-order valence-corrected chi connectivity index (χ1v) is 22.4. The van der Waals surface area contributed by atoms with Gasteiger partial charge in [-0.05, 0) is 19.3 Å². The van der Waals surface area contributed by atoms with E-state index in [0.29, 0.717) is 6.42 Å². The summed E-state index contributed by atoms with van der Waals surface area (Å²) in [7, 11) is 0. The van der Waals surface area contributed by atoms with Gasteiger partial charge in [-0.3, -0.25) is 4.79 Å². The molecule has 292 valence electrons. The lowest BCUT2D eigenvalue weighted by molar-refractivity contribution is -0.123. The molecule has 0 rings (SSSR count). The molecule has 1 amide bonds. The minimum Gasteiger partial charge on any atom is -0.394 e. The van der Waals surface area contributed by atoms with Crippen LogP contribution in [0.1, 0.15) is 251 Å². The maximum Gasteiger partial charge on any atom is 0.220 e. The molecule has 0 aliphatic heterocycles. The predicted octanol–water partition coefficient (Wildman–Crippen LogP) is 13.9. The molecule has 0 fully saturated rings. The van der Waals surface area contributed by atoms with E-state index in [4.69, 9.17) is 0 Å². The number of nitrogens with one attached hydrogen (secondary N) is 1. The molecule has 0 aromatic rings. The van der Waals surface area contributed by atoms with E-state index in [1.54, 1.807) is 6.08 Å². The van der Waals surface area contributed by atoms with Gasteiger partial charge in [0.1, 0.15) is 0 Å². The maximum absolute atomic E-state index is 12.2.